The van der Waals surface area contributed by atoms with Gasteiger partial charge in [0.25, 0.3) is 0 Å². The lowest BCUT2D eigenvalue weighted by Crippen LogP contribution is -2.50. The molecule has 4 heteroatoms. The van der Waals surface area contributed by atoms with Crippen LogP contribution < -0.4 is 5.32 Å². The van der Waals surface area contributed by atoms with Crippen LogP contribution in [0.25, 0.3) is 0 Å². The molecule has 2 nitrogen and oxygen atoms in total. The van der Waals surface area contributed by atoms with Crippen molar-refractivity contribution in [2.24, 2.45) is 0 Å². The van der Waals surface area contributed by atoms with Crippen LogP contribution in [0.3, 0.4) is 0 Å². The van der Waals surface area contributed by atoms with Gasteiger partial charge in [-0.1, -0.05) is 19.1 Å². The Labute approximate surface area is 110 Å². The fraction of sp³-hybridized carbons (Fsp3) is 0.538. The van der Waals surface area contributed by atoms with Crippen molar-refractivity contribution in [1.82, 2.24) is 10.2 Å². The molecule has 1 aromatic carbocycles. The van der Waals surface area contributed by atoms with Crippen LogP contribution >= 0.6 is 15.9 Å². The van der Waals surface area contributed by atoms with Crippen LogP contribution in [-0.2, 0) is 6.54 Å². The number of piperazine rings is 1. The van der Waals surface area contributed by atoms with Crippen molar-refractivity contribution in [2.75, 3.05) is 19.6 Å². The molecule has 0 aliphatic carbocycles. The third-order valence-corrected chi connectivity index (χ3v) is 4.24. The zero-order valence-electron chi connectivity index (χ0n) is 10.0. The second kappa shape index (κ2) is 5.94. The van der Waals surface area contributed by atoms with Crippen molar-refractivity contribution in [3.63, 3.8) is 0 Å². The molecule has 0 aromatic heterocycles. The molecule has 1 aliphatic rings. The highest BCUT2D eigenvalue weighted by Gasteiger charge is 2.21. The first-order chi connectivity index (χ1) is 8.22. The molecule has 1 heterocycles. The predicted octanol–water partition coefficient (Wildman–Crippen LogP) is 2.77. The van der Waals surface area contributed by atoms with Gasteiger partial charge in [-0.15, -0.1) is 0 Å². The summed E-state index contributed by atoms with van der Waals surface area (Å²) in [5, 5.41) is 3.40. The first-order valence-electron chi connectivity index (χ1n) is 6.10. The fourth-order valence-corrected chi connectivity index (χ4v) is 2.69. The molecule has 0 bridgehead atoms. The molecule has 0 saturated carbocycles. The number of benzene rings is 1. The predicted molar refractivity (Wildman–Crippen MR) is 71.5 cm³/mol. The van der Waals surface area contributed by atoms with Gasteiger partial charge in [-0.3, -0.25) is 4.90 Å². The van der Waals surface area contributed by atoms with Crippen molar-refractivity contribution in [1.29, 1.82) is 0 Å². The summed E-state index contributed by atoms with van der Waals surface area (Å²) in [7, 11) is 0. The van der Waals surface area contributed by atoms with E-state index in [4.69, 9.17) is 0 Å². The normalized spacial score (nSPS) is 21.7. The van der Waals surface area contributed by atoms with Crippen LogP contribution in [0, 0.1) is 5.82 Å². The topological polar surface area (TPSA) is 15.3 Å². The van der Waals surface area contributed by atoms with E-state index in [1.54, 1.807) is 6.07 Å². The summed E-state index contributed by atoms with van der Waals surface area (Å²) in [4.78, 5) is 2.43. The van der Waals surface area contributed by atoms with Crippen molar-refractivity contribution in [3.8, 4) is 0 Å². The van der Waals surface area contributed by atoms with E-state index in [-0.39, 0.29) is 5.82 Å². The molecule has 1 fully saturated rings. The standard InChI is InChI=1S/C13H18BrFN2/c1-2-11-8-16-6-7-17(11)9-10-4-3-5-12(15)13(10)14/h3-5,11,16H,2,6-9H2,1H3. The molecule has 1 saturated heterocycles. The van der Waals surface area contributed by atoms with E-state index < -0.39 is 0 Å². The van der Waals surface area contributed by atoms with Gasteiger partial charge < -0.3 is 5.32 Å². The highest BCUT2D eigenvalue weighted by molar-refractivity contribution is 9.10. The zero-order chi connectivity index (χ0) is 12.3. The third kappa shape index (κ3) is 3.06. The first kappa shape index (κ1) is 13.0. The molecular formula is C13H18BrFN2. The van der Waals surface area contributed by atoms with Gasteiger partial charge in [0.15, 0.2) is 0 Å². The van der Waals surface area contributed by atoms with E-state index in [1.165, 1.54) is 6.07 Å². The highest BCUT2D eigenvalue weighted by Crippen LogP contribution is 2.23. The lowest BCUT2D eigenvalue weighted by molar-refractivity contribution is 0.148. The number of rotatable bonds is 3. The summed E-state index contributed by atoms with van der Waals surface area (Å²) < 4.78 is 14.0. The Morgan fingerprint density at radius 2 is 2.35 bits per heavy atom. The largest absolute Gasteiger partial charge is 0.314 e. The molecule has 1 unspecified atom stereocenters. The number of nitrogens with zero attached hydrogens (tertiary/aromatic N) is 1. The van der Waals surface area contributed by atoms with Crippen molar-refractivity contribution in [2.45, 2.75) is 25.9 Å². The minimum absolute atomic E-state index is 0.175. The van der Waals surface area contributed by atoms with Gasteiger partial charge >= 0.3 is 0 Å². The molecule has 0 radical (unpaired) electrons. The van der Waals surface area contributed by atoms with Gasteiger partial charge in [-0.05, 0) is 34.0 Å². The maximum atomic E-state index is 13.4. The number of nitrogens with one attached hydrogen (secondary N) is 1. The van der Waals surface area contributed by atoms with Crippen LogP contribution in [-0.4, -0.2) is 30.6 Å². The zero-order valence-corrected chi connectivity index (χ0v) is 11.6. The van der Waals surface area contributed by atoms with Crippen molar-refractivity contribution < 1.29 is 4.39 Å². The Balaban J connectivity index is 2.11. The smallest absolute Gasteiger partial charge is 0.137 e. The Morgan fingerprint density at radius 1 is 1.53 bits per heavy atom. The van der Waals surface area contributed by atoms with Crippen LogP contribution in [0.1, 0.15) is 18.9 Å². The highest BCUT2D eigenvalue weighted by atomic mass is 79.9. The average Bonchev–Trinajstić information content (AvgIpc) is 2.35. The van der Waals surface area contributed by atoms with E-state index >= 15 is 0 Å². The molecule has 17 heavy (non-hydrogen) atoms. The maximum Gasteiger partial charge on any atom is 0.137 e. The van der Waals surface area contributed by atoms with Gasteiger partial charge in [-0.2, -0.15) is 0 Å². The quantitative estimate of drug-likeness (QED) is 0.923. The van der Waals surface area contributed by atoms with E-state index in [0.717, 1.165) is 38.2 Å². The summed E-state index contributed by atoms with van der Waals surface area (Å²) >= 11 is 3.33. The Hall–Kier alpha value is -0.450. The van der Waals surface area contributed by atoms with Gasteiger partial charge in [0.1, 0.15) is 5.82 Å². The minimum Gasteiger partial charge on any atom is -0.314 e. The minimum atomic E-state index is -0.175. The van der Waals surface area contributed by atoms with Gasteiger partial charge in [0.05, 0.1) is 4.47 Å². The summed E-state index contributed by atoms with van der Waals surface area (Å²) in [6, 6.07) is 5.81. The van der Waals surface area contributed by atoms with Gasteiger partial charge in [0.2, 0.25) is 0 Å². The third-order valence-electron chi connectivity index (χ3n) is 3.35. The monoisotopic (exact) mass is 300 g/mol. The molecular weight excluding hydrogens is 283 g/mol. The van der Waals surface area contributed by atoms with E-state index in [1.807, 2.05) is 6.07 Å². The maximum absolute atomic E-state index is 13.4. The fourth-order valence-electron chi connectivity index (χ4n) is 2.30. The second-order valence-corrected chi connectivity index (χ2v) is 5.24. The molecule has 1 aromatic rings. The summed E-state index contributed by atoms with van der Waals surface area (Å²) in [6.07, 6.45) is 1.12. The summed E-state index contributed by atoms with van der Waals surface area (Å²) in [5.74, 6) is -0.175. The van der Waals surface area contributed by atoms with Crippen LogP contribution in [0.2, 0.25) is 0 Å². The molecule has 1 N–H and O–H groups in total. The molecule has 94 valence electrons. The average molecular weight is 301 g/mol. The Kier molecular flexibility index (Phi) is 4.54. The number of hydrogen-bond acceptors (Lipinski definition) is 2. The lowest BCUT2D eigenvalue weighted by Gasteiger charge is -2.35. The van der Waals surface area contributed by atoms with Crippen LogP contribution in [0.4, 0.5) is 4.39 Å². The summed E-state index contributed by atoms with van der Waals surface area (Å²) in [6.45, 7) is 6.10. The van der Waals surface area contributed by atoms with Crippen molar-refractivity contribution >= 4 is 15.9 Å². The first-order valence-corrected chi connectivity index (χ1v) is 6.89. The molecule has 0 amide bonds. The van der Waals surface area contributed by atoms with E-state index in [9.17, 15) is 4.39 Å². The van der Waals surface area contributed by atoms with Crippen LogP contribution in [0.5, 0.6) is 0 Å². The number of hydrogen-bond donors (Lipinski definition) is 1. The Bertz CT molecular complexity index is 384. The Morgan fingerprint density at radius 3 is 3.12 bits per heavy atom. The lowest BCUT2D eigenvalue weighted by atomic mass is 10.1. The SMILES string of the molecule is CCC1CNCCN1Cc1cccc(F)c1Br. The van der Waals surface area contributed by atoms with E-state index in [2.05, 4.69) is 33.1 Å². The van der Waals surface area contributed by atoms with Crippen LogP contribution in [0.15, 0.2) is 22.7 Å². The molecule has 1 aliphatic heterocycles. The molecule has 2 rings (SSSR count). The number of halogens is 2. The summed E-state index contributed by atoms with van der Waals surface area (Å²) in [5.41, 5.74) is 1.03. The molecule has 0 spiro atoms. The van der Waals surface area contributed by atoms with Gasteiger partial charge in [-0.25, -0.2) is 4.39 Å². The second-order valence-electron chi connectivity index (χ2n) is 4.45. The van der Waals surface area contributed by atoms with E-state index in [0.29, 0.717) is 10.5 Å². The van der Waals surface area contributed by atoms with Crippen molar-refractivity contribution in [3.05, 3.63) is 34.1 Å². The molecule has 1 atom stereocenters. The van der Waals surface area contributed by atoms with Gasteiger partial charge in [0, 0.05) is 32.2 Å².